The molecule has 2 atom stereocenters. The fourth-order valence-corrected chi connectivity index (χ4v) is 3.90. The Kier molecular flexibility index (Phi) is 3.82. The minimum atomic E-state index is 0.200. The van der Waals surface area contributed by atoms with Crippen molar-refractivity contribution in [1.29, 1.82) is 0 Å². The molecule has 2 aliphatic rings. The molecule has 23 heavy (non-hydrogen) atoms. The Labute approximate surface area is 137 Å². The normalized spacial score (nSPS) is 24.8. The smallest absolute Gasteiger partial charge is 0.226 e. The van der Waals surface area contributed by atoms with Crippen LogP contribution in [0.1, 0.15) is 30.7 Å². The van der Waals surface area contributed by atoms with Crippen molar-refractivity contribution in [2.24, 2.45) is 17.6 Å². The summed E-state index contributed by atoms with van der Waals surface area (Å²) in [6.45, 7) is 2.54. The van der Waals surface area contributed by atoms with Crippen LogP contribution in [0, 0.1) is 11.8 Å². The summed E-state index contributed by atoms with van der Waals surface area (Å²) in [6.07, 6.45) is 3.14. The van der Waals surface area contributed by atoms with Crippen LogP contribution in [0.25, 0.3) is 10.8 Å². The molecule has 0 unspecified atom stereocenters. The lowest BCUT2D eigenvalue weighted by molar-refractivity contribution is -0.134. The predicted molar refractivity (Wildman–Crippen MR) is 93.2 cm³/mol. The van der Waals surface area contributed by atoms with Gasteiger partial charge in [-0.3, -0.25) is 4.79 Å². The molecular formula is C20H24N2O. The van der Waals surface area contributed by atoms with Crippen LogP contribution in [0.4, 0.5) is 0 Å². The molecule has 120 valence electrons. The number of carbonyl (C=O) groups excluding carboxylic acids is 1. The summed E-state index contributed by atoms with van der Waals surface area (Å²) >= 11 is 0. The molecule has 1 saturated carbocycles. The predicted octanol–water partition coefficient (Wildman–Crippen LogP) is 3.14. The standard InChI is InChI=1S/C20H24N2O/c21-13-14-7-9-22(10-8-14)20(23)19-12-18(19)17-6-5-15-3-1-2-4-16(15)11-17/h1-6,11,14,18-19H,7-10,12-13,21H2/t18-,19+/m0/s1. The molecule has 1 aliphatic carbocycles. The van der Waals surface area contributed by atoms with Crippen LogP contribution in [0.15, 0.2) is 42.5 Å². The van der Waals surface area contributed by atoms with Crippen LogP contribution in [-0.4, -0.2) is 30.4 Å². The number of benzene rings is 2. The van der Waals surface area contributed by atoms with Crippen LogP contribution in [0.3, 0.4) is 0 Å². The van der Waals surface area contributed by atoms with Crippen molar-refractivity contribution in [2.75, 3.05) is 19.6 Å². The quantitative estimate of drug-likeness (QED) is 0.947. The third-order valence-electron chi connectivity index (χ3n) is 5.57. The van der Waals surface area contributed by atoms with Crippen molar-refractivity contribution in [3.8, 4) is 0 Å². The molecule has 0 spiro atoms. The van der Waals surface area contributed by atoms with Crippen LogP contribution in [0.5, 0.6) is 0 Å². The Bertz CT molecular complexity index is 718. The first-order valence-corrected chi connectivity index (χ1v) is 8.74. The van der Waals surface area contributed by atoms with Gasteiger partial charge in [-0.1, -0.05) is 42.5 Å². The van der Waals surface area contributed by atoms with E-state index >= 15 is 0 Å². The molecule has 2 N–H and O–H groups in total. The first kappa shape index (κ1) is 14.7. The lowest BCUT2D eigenvalue weighted by Gasteiger charge is -2.31. The Morgan fingerprint density at radius 2 is 1.83 bits per heavy atom. The van der Waals surface area contributed by atoms with Crippen LogP contribution < -0.4 is 5.73 Å². The molecular weight excluding hydrogens is 284 g/mol. The van der Waals surface area contributed by atoms with Crippen LogP contribution in [0.2, 0.25) is 0 Å². The lowest BCUT2D eigenvalue weighted by Crippen LogP contribution is -2.41. The Hall–Kier alpha value is -1.87. The molecule has 1 aliphatic heterocycles. The van der Waals surface area contributed by atoms with Gasteiger partial charge in [0.15, 0.2) is 0 Å². The Morgan fingerprint density at radius 3 is 2.57 bits per heavy atom. The minimum absolute atomic E-state index is 0.200. The molecule has 2 fully saturated rings. The summed E-state index contributed by atoms with van der Waals surface area (Å²) in [4.78, 5) is 14.8. The van der Waals surface area contributed by atoms with E-state index in [2.05, 4.69) is 47.4 Å². The summed E-state index contributed by atoms with van der Waals surface area (Å²) in [5.74, 6) is 1.58. The molecule has 2 aromatic rings. The maximum Gasteiger partial charge on any atom is 0.226 e. The number of rotatable bonds is 3. The van der Waals surface area contributed by atoms with E-state index in [1.54, 1.807) is 0 Å². The average molecular weight is 308 g/mol. The van der Waals surface area contributed by atoms with Gasteiger partial charge in [-0.05, 0) is 54.0 Å². The van der Waals surface area contributed by atoms with E-state index in [9.17, 15) is 4.79 Å². The maximum absolute atomic E-state index is 12.7. The third kappa shape index (κ3) is 2.86. The number of carbonyl (C=O) groups is 1. The number of fused-ring (bicyclic) bond motifs is 1. The Balaban J connectivity index is 1.43. The van der Waals surface area contributed by atoms with Gasteiger partial charge < -0.3 is 10.6 Å². The van der Waals surface area contributed by atoms with Gasteiger partial charge >= 0.3 is 0 Å². The number of piperidine rings is 1. The SMILES string of the molecule is NCC1CCN(C(=O)[C@@H]2C[C@H]2c2ccc3ccccc3c2)CC1. The molecule has 1 amide bonds. The van der Waals surface area contributed by atoms with E-state index in [1.165, 1.54) is 16.3 Å². The van der Waals surface area contributed by atoms with E-state index in [1.807, 2.05) is 0 Å². The van der Waals surface area contributed by atoms with Gasteiger partial charge in [-0.25, -0.2) is 0 Å². The van der Waals surface area contributed by atoms with E-state index in [0.29, 0.717) is 17.7 Å². The molecule has 0 radical (unpaired) electrons. The number of hydrogen-bond acceptors (Lipinski definition) is 2. The number of nitrogens with two attached hydrogens (primary N) is 1. The summed E-state index contributed by atoms with van der Waals surface area (Å²) in [5, 5.41) is 2.54. The van der Waals surface area contributed by atoms with Gasteiger partial charge in [-0.2, -0.15) is 0 Å². The lowest BCUT2D eigenvalue weighted by atomic mass is 9.96. The maximum atomic E-state index is 12.7. The molecule has 3 heteroatoms. The van der Waals surface area contributed by atoms with Crippen molar-refractivity contribution in [1.82, 2.24) is 4.90 Å². The molecule has 3 nitrogen and oxygen atoms in total. The summed E-state index contributed by atoms with van der Waals surface area (Å²) in [6, 6.07) is 15.1. The highest BCUT2D eigenvalue weighted by Gasteiger charge is 2.46. The summed E-state index contributed by atoms with van der Waals surface area (Å²) < 4.78 is 0. The largest absolute Gasteiger partial charge is 0.342 e. The van der Waals surface area contributed by atoms with Gasteiger partial charge in [-0.15, -0.1) is 0 Å². The number of nitrogens with zero attached hydrogens (tertiary/aromatic N) is 1. The van der Waals surface area contributed by atoms with Gasteiger partial charge in [0.25, 0.3) is 0 Å². The first-order valence-electron chi connectivity index (χ1n) is 8.74. The number of likely N-dealkylation sites (tertiary alicyclic amines) is 1. The fraction of sp³-hybridized carbons (Fsp3) is 0.450. The van der Waals surface area contributed by atoms with E-state index in [4.69, 9.17) is 5.73 Å². The van der Waals surface area contributed by atoms with Crippen molar-refractivity contribution >= 4 is 16.7 Å². The second-order valence-corrected chi connectivity index (χ2v) is 7.06. The second-order valence-electron chi connectivity index (χ2n) is 7.06. The fourth-order valence-electron chi connectivity index (χ4n) is 3.90. The van der Waals surface area contributed by atoms with Crippen LogP contribution in [-0.2, 0) is 4.79 Å². The van der Waals surface area contributed by atoms with Crippen molar-refractivity contribution in [3.05, 3.63) is 48.0 Å². The first-order chi connectivity index (χ1) is 11.3. The number of amides is 1. The summed E-state index contributed by atoms with van der Waals surface area (Å²) in [7, 11) is 0. The highest BCUT2D eigenvalue weighted by Crippen LogP contribution is 2.49. The topological polar surface area (TPSA) is 46.3 Å². The van der Waals surface area contributed by atoms with Crippen molar-refractivity contribution < 1.29 is 4.79 Å². The number of hydrogen-bond donors (Lipinski definition) is 1. The molecule has 1 heterocycles. The van der Waals surface area contributed by atoms with E-state index in [0.717, 1.165) is 38.9 Å². The summed E-state index contributed by atoms with van der Waals surface area (Å²) in [5.41, 5.74) is 7.06. The minimum Gasteiger partial charge on any atom is -0.342 e. The van der Waals surface area contributed by atoms with Gasteiger partial charge in [0.05, 0.1) is 0 Å². The third-order valence-corrected chi connectivity index (χ3v) is 5.57. The molecule has 1 saturated heterocycles. The second kappa shape index (κ2) is 5.97. The zero-order chi connectivity index (χ0) is 15.8. The zero-order valence-corrected chi connectivity index (χ0v) is 13.4. The highest BCUT2D eigenvalue weighted by molar-refractivity contribution is 5.86. The van der Waals surface area contributed by atoms with Crippen LogP contribution >= 0.6 is 0 Å². The Morgan fingerprint density at radius 1 is 1.09 bits per heavy atom. The molecule has 0 aromatic heterocycles. The zero-order valence-electron chi connectivity index (χ0n) is 13.4. The van der Waals surface area contributed by atoms with Crippen molar-refractivity contribution in [2.45, 2.75) is 25.2 Å². The monoisotopic (exact) mass is 308 g/mol. The van der Waals surface area contributed by atoms with Gasteiger partial charge in [0, 0.05) is 19.0 Å². The molecule has 0 bridgehead atoms. The van der Waals surface area contributed by atoms with E-state index in [-0.39, 0.29) is 5.92 Å². The van der Waals surface area contributed by atoms with Gasteiger partial charge in [0.1, 0.15) is 0 Å². The highest BCUT2D eigenvalue weighted by atomic mass is 16.2. The average Bonchev–Trinajstić information content (AvgIpc) is 3.41. The van der Waals surface area contributed by atoms with Gasteiger partial charge in [0.2, 0.25) is 5.91 Å². The van der Waals surface area contributed by atoms with Crippen molar-refractivity contribution in [3.63, 3.8) is 0 Å². The van der Waals surface area contributed by atoms with E-state index < -0.39 is 0 Å². The molecule has 4 rings (SSSR count). The molecule has 2 aromatic carbocycles.